The Morgan fingerprint density at radius 3 is 2.73 bits per heavy atom. The van der Waals surface area contributed by atoms with Gasteiger partial charge in [0.1, 0.15) is 5.82 Å². The average molecular weight is 299 g/mol. The topological polar surface area (TPSA) is 73.2 Å². The van der Waals surface area contributed by atoms with Gasteiger partial charge in [0.25, 0.3) is 5.91 Å². The number of nitrogens with zero attached hydrogens (tertiary/aromatic N) is 2. The Kier molecular flexibility index (Phi) is 3.91. The van der Waals surface area contributed by atoms with E-state index in [1.165, 1.54) is 0 Å². The number of esters is 1. The summed E-state index contributed by atoms with van der Waals surface area (Å²) < 4.78 is 6.62. The molecule has 0 saturated heterocycles. The van der Waals surface area contributed by atoms with Crippen molar-refractivity contribution < 1.29 is 14.3 Å². The number of nitrogens with one attached hydrogen (secondary N) is 1. The van der Waals surface area contributed by atoms with Gasteiger partial charge in [0, 0.05) is 6.07 Å². The Hall–Kier alpha value is -2.63. The Balaban J connectivity index is 1.67. The van der Waals surface area contributed by atoms with Crippen LogP contribution in [0.4, 0.5) is 5.82 Å². The number of aryl methyl sites for hydroxylation is 1. The third kappa shape index (κ3) is 3.33. The molecule has 1 aromatic carbocycles. The zero-order valence-corrected chi connectivity index (χ0v) is 12.3. The van der Waals surface area contributed by atoms with Gasteiger partial charge in [-0.25, -0.2) is 4.68 Å². The van der Waals surface area contributed by atoms with Crippen molar-refractivity contribution in [3.63, 3.8) is 0 Å². The average Bonchev–Trinajstić information content (AvgIpc) is 3.30. The summed E-state index contributed by atoms with van der Waals surface area (Å²) in [6, 6.07) is 11.3. The SMILES string of the molecule is Cc1cc(NC(=O)COC(=O)C2CC2)n(-c2ccccc2)n1. The molecule has 1 heterocycles. The number of aromatic nitrogens is 2. The van der Waals surface area contributed by atoms with Crippen molar-refractivity contribution in [3.05, 3.63) is 42.1 Å². The number of rotatable bonds is 5. The molecule has 1 aromatic heterocycles. The summed E-state index contributed by atoms with van der Waals surface area (Å²) in [7, 11) is 0. The van der Waals surface area contributed by atoms with Crippen molar-refractivity contribution in [1.82, 2.24) is 9.78 Å². The molecule has 0 spiro atoms. The molecule has 0 unspecified atom stereocenters. The summed E-state index contributed by atoms with van der Waals surface area (Å²) in [4.78, 5) is 23.4. The number of para-hydroxylation sites is 1. The van der Waals surface area contributed by atoms with E-state index in [-0.39, 0.29) is 24.4 Å². The van der Waals surface area contributed by atoms with Crippen LogP contribution in [0.2, 0.25) is 0 Å². The molecule has 114 valence electrons. The lowest BCUT2D eigenvalue weighted by Gasteiger charge is -2.09. The molecular weight excluding hydrogens is 282 g/mol. The molecule has 1 N–H and O–H groups in total. The number of hydrogen-bond acceptors (Lipinski definition) is 4. The zero-order valence-electron chi connectivity index (χ0n) is 12.3. The minimum Gasteiger partial charge on any atom is -0.455 e. The molecule has 1 fully saturated rings. The summed E-state index contributed by atoms with van der Waals surface area (Å²) >= 11 is 0. The Morgan fingerprint density at radius 2 is 2.05 bits per heavy atom. The Morgan fingerprint density at radius 1 is 1.32 bits per heavy atom. The predicted molar refractivity (Wildman–Crippen MR) is 80.6 cm³/mol. The number of amides is 1. The highest BCUT2D eigenvalue weighted by Gasteiger charge is 2.31. The molecule has 0 atom stereocenters. The van der Waals surface area contributed by atoms with Gasteiger partial charge in [-0.2, -0.15) is 5.10 Å². The van der Waals surface area contributed by atoms with E-state index in [0.717, 1.165) is 24.2 Å². The molecule has 0 radical (unpaired) electrons. The van der Waals surface area contributed by atoms with Crippen molar-refractivity contribution in [2.75, 3.05) is 11.9 Å². The van der Waals surface area contributed by atoms with Gasteiger partial charge >= 0.3 is 5.97 Å². The number of carbonyl (C=O) groups excluding carboxylic acids is 2. The molecule has 0 bridgehead atoms. The maximum atomic E-state index is 11.9. The van der Waals surface area contributed by atoms with Crippen molar-refractivity contribution in [3.8, 4) is 5.69 Å². The highest BCUT2D eigenvalue weighted by molar-refractivity contribution is 5.92. The van der Waals surface area contributed by atoms with Gasteiger partial charge in [-0.3, -0.25) is 9.59 Å². The fourth-order valence-electron chi connectivity index (χ4n) is 2.11. The molecule has 1 amide bonds. The van der Waals surface area contributed by atoms with Gasteiger partial charge in [0.2, 0.25) is 0 Å². The van der Waals surface area contributed by atoms with Crippen molar-refractivity contribution >= 4 is 17.7 Å². The second-order valence-corrected chi connectivity index (χ2v) is 5.35. The monoisotopic (exact) mass is 299 g/mol. The second-order valence-electron chi connectivity index (χ2n) is 5.35. The molecule has 3 rings (SSSR count). The molecule has 1 aliphatic carbocycles. The number of benzene rings is 1. The first-order chi connectivity index (χ1) is 10.6. The van der Waals surface area contributed by atoms with E-state index in [2.05, 4.69) is 10.4 Å². The van der Waals surface area contributed by atoms with Gasteiger partial charge < -0.3 is 10.1 Å². The Bertz CT molecular complexity index is 690. The number of ether oxygens (including phenoxy) is 1. The van der Waals surface area contributed by atoms with Gasteiger partial charge in [0.15, 0.2) is 6.61 Å². The van der Waals surface area contributed by atoms with Gasteiger partial charge in [0.05, 0.1) is 17.3 Å². The quantitative estimate of drug-likeness (QED) is 0.858. The van der Waals surface area contributed by atoms with Crippen molar-refractivity contribution in [2.24, 2.45) is 5.92 Å². The van der Waals surface area contributed by atoms with Crippen LogP contribution in [0.1, 0.15) is 18.5 Å². The third-order valence-corrected chi connectivity index (χ3v) is 3.36. The first-order valence-electron chi connectivity index (χ1n) is 7.22. The largest absolute Gasteiger partial charge is 0.455 e. The summed E-state index contributed by atoms with van der Waals surface area (Å²) in [6.07, 6.45) is 1.72. The summed E-state index contributed by atoms with van der Waals surface area (Å²) in [5, 5.41) is 7.09. The van der Waals surface area contributed by atoms with Crippen LogP contribution in [0.15, 0.2) is 36.4 Å². The zero-order chi connectivity index (χ0) is 15.5. The van der Waals surface area contributed by atoms with Crippen LogP contribution in [-0.2, 0) is 14.3 Å². The summed E-state index contributed by atoms with van der Waals surface area (Å²) in [6.45, 7) is 1.58. The third-order valence-electron chi connectivity index (χ3n) is 3.36. The van der Waals surface area contributed by atoms with E-state index in [1.807, 2.05) is 37.3 Å². The Labute approximate surface area is 128 Å². The molecule has 6 nitrogen and oxygen atoms in total. The minimum atomic E-state index is -0.369. The van der Waals surface area contributed by atoms with Crippen LogP contribution in [-0.4, -0.2) is 28.3 Å². The van der Waals surface area contributed by atoms with Crippen LogP contribution < -0.4 is 5.32 Å². The fraction of sp³-hybridized carbons (Fsp3) is 0.312. The maximum Gasteiger partial charge on any atom is 0.309 e. The molecular formula is C16H17N3O3. The first kappa shape index (κ1) is 14.3. The van der Waals surface area contributed by atoms with E-state index in [1.54, 1.807) is 10.7 Å². The van der Waals surface area contributed by atoms with Crippen LogP contribution in [0, 0.1) is 12.8 Å². The fourth-order valence-corrected chi connectivity index (χ4v) is 2.11. The van der Waals surface area contributed by atoms with Gasteiger partial charge in [-0.05, 0) is 31.9 Å². The van der Waals surface area contributed by atoms with Crippen LogP contribution >= 0.6 is 0 Å². The van der Waals surface area contributed by atoms with Crippen LogP contribution in [0.5, 0.6) is 0 Å². The number of carbonyl (C=O) groups is 2. The van der Waals surface area contributed by atoms with E-state index >= 15 is 0 Å². The first-order valence-corrected chi connectivity index (χ1v) is 7.22. The normalized spacial score (nSPS) is 13.7. The highest BCUT2D eigenvalue weighted by atomic mass is 16.5. The molecule has 2 aromatic rings. The molecule has 6 heteroatoms. The van der Waals surface area contributed by atoms with E-state index in [9.17, 15) is 9.59 Å². The standard InChI is InChI=1S/C16H17N3O3/c1-11-9-14(19(18-11)13-5-3-2-4-6-13)17-15(20)10-22-16(21)12-7-8-12/h2-6,9,12H,7-8,10H2,1H3,(H,17,20). The lowest BCUT2D eigenvalue weighted by atomic mass is 10.3. The number of anilines is 1. The molecule has 1 saturated carbocycles. The van der Waals surface area contributed by atoms with E-state index in [0.29, 0.717) is 5.82 Å². The van der Waals surface area contributed by atoms with Crippen LogP contribution in [0.25, 0.3) is 5.69 Å². The van der Waals surface area contributed by atoms with E-state index < -0.39 is 0 Å². The minimum absolute atomic E-state index is 0.00936. The smallest absolute Gasteiger partial charge is 0.309 e. The lowest BCUT2D eigenvalue weighted by Crippen LogP contribution is -2.22. The highest BCUT2D eigenvalue weighted by Crippen LogP contribution is 2.30. The molecule has 22 heavy (non-hydrogen) atoms. The van der Waals surface area contributed by atoms with E-state index in [4.69, 9.17) is 4.74 Å². The van der Waals surface area contributed by atoms with Crippen LogP contribution in [0.3, 0.4) is 0 Å². The summed E-state index contributed by atoms with van der Waals surface area (Å²) in [5.74, 6) is -0.116. The lowest BCUT2D eigenvalue weighted by molar-refractivity contribution is -0.148. The molecule has 0 aliphatic heterocycles. The van der Waals surface area contributed by atoms with Gasteiger partial charge in [-0.1, -0.05) is 18.2 Å². The number of hydrogen-bond donors (Lipinski definition) is 1. The van der Waals surface area contributed by atoms with Crippen molar-refractivity contribution in [1.29, 1.82) is 0 Å². The summed E-state index contributed by atoms with van der Waals surface area (Å²) in [5.41, 5.74) is 1.63. The second kappa shape index (κ2) is 6.01. The van der Waals surface area contributed by atoms with Gasteiger partial charge in [-0.15, -0.1) is 0 Å². The maximum absolute atomic E-state index is 11.9. The van der Waals surface area contributed by atoms with Crippen molar-refractivity contribution in [2.45, 2.75) is 19.8 Å². The molecule has 1 aliphatic rings. The predicted octanol–water partition coefficient (Wildman–Crippen LogP) is 2.07.